The minimum absolute atomic E-state index is 0.281. The Hall–Kier alpha value is -2.16. The molecule has 0 amide bonds. The SMILES string of the molecule is O=C(O)c1cc(-c2cccc(C3CCC3)c2)ccc1F. The molecule has 0 heterocycles. The number of carbonyl (C=O) groups is 1. The van der Waals surface area contributed by atoms with Crippen LogP contribution < -0.4 is 0 Å². The van der Waals surface area contributed by atoms with E-state index < -0.39 is 11.8 Å². The molecule has 0 atom stereocenters. The predicted octanol–water partition coefficient (Wildman–Crippen LogP) is 4.46. The number of rotatable bonds is 3. The molecule has 1 fully saturated rings. The summed E-state index contributed by atoms with van der Waals surface area (Å²) >= 11 is 0. The van der Waals surface area contributed by atoms with E-state index in [-0.39, 0.29) is 5.56 Å². The summed E-state index contributed by atoms with van der Waals surface area (Å²) in [5, 5.41) is 8.99. The number of hydrogen-bond donors (Lipinski definition) is 1. The van der Waals surface area contributed by atoms with Gasteiger partial charge in [0.25, 0.3) is 0 Å². The van der Waals surface area contributed by atoms with Gasteiger partial charge in [-0.05, 0) is 47.6 Å². The highest BCUT2D eigenvalue weighted by atomic mass is 19.1. The summed E-state index contributed by atoms with van der Waals surface area (Å²) in [5.74, 6) is -1.31. The highest BCUT2D eigenvalue weighted by Crippen LogP contribution is 2.37. The highest BCUT2D eigenvalue weighted by Gasteiger charge is 2.19. The van der Waals surface area contributed by atoms with Gasteiger partial charge in [-0.3, -0.25) is 0 Å². The fraction of sp³-hybridized carbons (Fsp3) is 0.235. The molecule has 0 radical (unpaired) electrons. The summed E-state index contributed by atoms with van der Waals surface area (Å²) in [6.07, 6.45) is 3.70. The third-order valence-electron chi connectivity index (χ3n) is 3.99. The van der Waals surface area contributed by atoms with E-state index >= 15 is 0 Å². The van der Waals surface area contributed by atoms with Crippen LogP contribution in [0.1, 0.15) is 41.1 Å². The Morgan fingerprint density at radius 3 is 2.50 bits per heavy atom. The van der Waals surface area contributed by atoms with Gasteiger partial charge in [-0.2, -0.15) is 0 Å². The minimum Gasteiger partial charge on any atom is -0.478 e. The van der Waals surface area contributed by atoms with Crippen LogP contribution in [0.5, 0.6) is 0 Å². The zero-order valence-electron chi connectivity index (χ0n) is 11.0. The van der Waals surface area contributed by atoms with Crippen LogP contribution in [0, 0.1) is 5.82 Å². The lowest BCUT2D eigenvalue weighted by Crippen LogP contribution is -2.08. The average molecular weight is 270 g/mol. The molecule has 1 N–H and O–H groups in total. The fourth-order valence-electron chi connectivity index (χ4n) is 2.58. The van der Waals surface area contributed by atoms with Crippen molar-refractivity contribution in [3.63, 3.8) is 0 Å². The number of hydrogen-bond acceptors (Lipinski definition) is 1. The van der Waals surface area contributed by atoms with Crippen LogP contribution in [0.15, 0.2) is 42.5 Å². The van der Waals surface area contributed by atoms with Crippen molar-refractivity contribution in [3.8, 4) is 11.1 Å². The molecule has 0 bridgehead atoms. The molecule has 3 heteroatoms. The molecule has 0 aliphatic heterocycles. The summed E-state index contributed by atoms with van der Waals surface area (Å²) < 4.78 is 13.4. The highest BCUT2D eigenvalue weighted by molar-refractivity contribution is 5.89. The standard InChI is InChI=1S/C17H15FO2/c18-16-8-7-14(10-15(16)17(19)20)13-6-2-5-12(9-13)11-3-1-4-11/h2,5-11H,1,3-4H2,(H,19,20). The van der Waals surface area contributed by atoms with Crippen molar-refractivity contribution >= 4 is 5.97 Å². The predicted molar refractivity (Wildman–Crippen MR) is 75.4 cm³/mol. The summed E-state index contributed by atoms with van der Waals surface area (Å²) in [6, 6.07) is 12.3. The number of aromatic carboxylic acids is 1. The van der Waals surface area contributed by atoms with E-state index in [1.807, 2.05) is 12.1 Å². The van der Waals surface area contributed by atoms with Gasteiger partial charge >= 0.3 is 5.97 Å². The Morgan fingerprint density at radius 1 is 1.10 bits per heavy atom. The Morgan fingerprint density at radius 2 is 1.85 bits per heavy atom. The Kier molecular flexibility index (Phi) is 3.26. The van der Waals surface area contributed by atoms with Crippen LogP contribution >= 0.6 is 0 Å². The molecule has 1 aliphatic carbocycles. The monoisotopic (exact) mass is 270 g/mol. The maximum atomic E-state index is 13.4. The third kappa shape index (κ3) is 2.31. The van der Waals surface area contributed by atoms with Gasteiger partial charge in [0.2, 0.25) is 0 Å². The summed E-state index contributed by atoms with van der Waals surface area (Å²) in [7, 11) is 0. The Balaban J connectivity index is 2.00. The number of benzene rings is 2. The van der Waals surface area contributed by atoms with E-state index in [0.29, 0.717) is 5.92 Å². The van der Waals surface area contributed by atoms with Crippen molar-refractivity contribution in [2.45, 2.75) is 25.2 Å². The maximum Gasteiger partial charge on any atom is 0.338 e. The molecule has 3 rings (SSSR count). The van der Waals surface area contributed by atoms with Gasteiger partial charge in [0.1, 0.15) is 5.82 Å². The molecule has 0 saturated heterocycles. The molecule has 0 unspecified atom stereocenters. The van der Waals surface area contributed by atoms with Gasteiger partial charge in [0, 0.05) is 0 Å². The van der Waals surface area contributed by atoms with Crippen molar-refractivity contribution in [1.82, 2.24) is 0 Å². The largest absolute Gasteiger partial charge is 0.478 e. The molecule has 20 heavy (non-hydrogen) atoms. The first-order valence-corrected chi connectivity index (χ1v) is 6.78. The van der Waals surface area contributed by atoms with Crippen molar-refractivity contribution in [2.75, 3.05) is 0 Å². The van der Waals surface area contributed by atoms with Crippen molar-refractivity contribution in [3.05, 3.63) is 59.4 Å². The second kappa shape index (κ2) is 5.08. The van der Waals surface area contributed by atoms with Gasteiger partial charge in [-0.15, -0.1) is 0 Å². The van der Waals surface area contributed by atoms with Crippen LogP contribution in [0.4, 0.5) is 4.39 Å². The van der Waals surface area contributed by atoms with E-state index in [1.54, 1.807) is 6.07 Å². The molecule has 0 spiro atoms. The molecule has 0 aromatic heterocycles. The zero-order chi connectivity index (χ0) is 14.1. The number of carboxylic acids is 1. The Bertz CT molecular complexity index is 660. The zero-order valence-corrected chi connectivity index (χ0v) is 11.0. The fourth-order valence-corrected chi connectivity index (χ4v) is 2.58. The summed E-state index contributed by atoms with van der Waals surface area (Å²) in [4.78, 5) is 11.0. The second-order valence-corrected chi connectivity index (χ2v) is 5.25. The minimum atomic E-state index is -1.24. The van der Waals surface area contributed by atoms with Crippen LogP contribution in [-0.4, -0.2) is 11.1 Å². The summed E-state index contributed by atoms with van der Waals surface area (Å²) in [6.45, 7) is 0. The molecule has 2 aromatic rings. The number of carboxylic acid groups (broad SMARTS) is 1. The average Bonchev–Trinajstić information content (AvgIpc) is 2.37. The first kappa shape index (κ1) is 12.9. The van der Waals surface area contributed by atoms with E-state index in [0.717, 1.165) is 11.1 Å². The first-order valence-electron chi connectivity index (χ1n) is 6.78. The van der Waals surface area contributed by atoms with Gasteiger partial charge in [0.15, 0.2) is 0 Å². The lowest BCUT2D eigenvalue weighted by atomic mass is 9.79. The van der Waals surface area contributed by atoms with E-state index in [4.69, 9.17) is 5.11 Å². The van der Waals surface area contributed by atoms with Gasteiger partial charge in [-0.25, -0.2) is 9.18 Å². The molecular weight excluding hydrogens is 255 g/mol. The number of halogens is 1. The lowest BCUT2D eigenvalue weighted by Gasteiger charge is -2.26. The third-order valence-corrected chi connectivity index (χ3v) is 3.99. The Labute approximate surface area is 116 Å². The topological polar surface area (TPSA) is 37.3 Å². The van der Waals surface area contributed by atoms with Gasteiger partial charge < -0.3 is 5.11 Å². The van der Waals surface area contributed by atoms with Crippen LogP contribution in [0.3, 0.4) is 0 Å². The molecule has 102 valence electrons. The smallest absolute Gasteiger partial charge is 0.338 e. The molecule has 2 nitrogen and oxygen atoms in total. The van der Waals surface area contributed by atoms with E-state index in [9.17, 15) is 9.18 Å². The van der Waals surface area contributed by atoms with Gasteiger partial charge in [0.05, 0.1) is 5.56 Å². The van der Waals surface area contributed by atoms with Crippen LogP contribution in [0.2, 0.25) is 0 Å². The molecular formula is C17H15FO2. The van der Waals surface area contributed by atoms with Crippen LogP contribution in [-0.2, 0) is 0 Å². The van der Waals surface area contributed by atoms with Gasteiger partial charge in [-0.1, -0.05) is 36.8 Å². The molecule has 2 aromatic carbocycles. The summed E-state index contributed by atoms with van der Waals surface area (Å²) in [5.41, 5.74) is 2.69. The quantitative estimate of drug-likeness (QED) is 0.894. The molecule has 1 aliphatic rings. The van der Waals surface area contributed by atoms with E-state index in [2.05, 4.69) is 12.1 Å². The van der Waals surface area contributed by atoms with Crippen LogP contribution in [0.25, 0.3) is 11.1 Å². The maximum absolute atomic E-state index is 13.4. The normalized spacial score (nSPS) is 14.8. The van der Waals surface area contributed by atoms with E-state index in [1.165, 1.54) is 37.0 Å². The molecule has 1 saturated carbocycles. The second-order valence-electron chi connectivity index (χ2n) is 5.25. The van der Waals surface area contributed by atoms with Crippen molar-refractivity contribution < 1.29 is 14.3 Å². The lowest BCUT2D eigenvalue weighted by molar-refractivity contribution is 0.0692. The first-order chi connectivity index (χ1) is 9.65. The van der Waals surface area contributed by atoms with Crippen molar-refractivity contribution in [1.29, 1.82) is 0 Å². The van der Waals surface area contributed by atoms with Crippen molar-refractivity contribution in [2.24, 2.45) is 0 Å².